The molecule has 0 saturated heterocycles. The SMILES string of the molecule is CCOC(=O)CC1COc2cc(F)cc(F)c2N1. The molecule has 0 amide bonds. The average molecular weight is 257 g/mol. The lowest BCUT2D eigenvalue weighted by Gasteiger charge is -2.27. The third-order valence-electron chi connectivity index (χ3n) is 2.53. The molecule has 18 heavy (non-hydrogen) atoms. The highest BCUT2D eigenvalue weighted by Gasteiger charge is 2.25. The summed E-state index contributed by atoms with van der Waals surface area (Å²) in [6.45, 7) is 2.16. The molecular weight excluding hydrogens is 244 g/mol. The molecule has 4 nitrogen and oxygen atoms in total. The van der Waals surface area contributed by atoms with Crippen LogP contribution in [0.15, 0.2) is 12.1 Å². The van der Waals surface area contributed by atoms with E-state index in [1.54, 1.807) is 6.92 Å². The van der Waals surface area contributed by atoms with Gasteiger partial charge in [-0.1, -0.05) is 0 Å². The van der Waals surface area contributed by atoms with Crippen LogP contribution in [0.25, 0.3) is 0 Å². The van der Waals surface area contributed by atoms with E-state index >= 15 is 0 Å². The minimum Gasteiger partial charge on any atom is -0.489 e. The Labute approximate surface area is 103 Å². The maximum Gasteiger partial charge on any atom is 0.307 e. The minimum atomic E-state index is -0.737. The molecule has 1 atom stereocenters. The van der Waals surface area contributed by atoms with E-state index in [0.29, 0.717) is 6.61 Å². The number of esters is 1. The molecular formula is C12H13F2NO3. The molecule has 1 N–H and O–H groups in total. The zero-order valence-electron chi connectivity index (χ0n) is 9.83. The van der Waals surface area contributed by atoms with Crippen molar-refractivity contribution in [3.8, 4) is 5.75 Å². The summed E-state index contributed by atoms with van der Waals surface area (Å²) in [5, 5.41) is 2.81. The van der Waals surface area contributed by atoms with Crippen LogP contribution in [0.3, 0.4) is 0 Å². The Kier molecular flexibility index (Phi) is 3.64. The summed E-state index contributed by atoms with van der Waals surface area (Å²) >= 11 is 0. The lowest BCUT2D eigenvalue weighted by Crippen LogP contribution is -2.34. The summed E-state index contributed by atoms with van der Waals surface area (Å²) in [5.41, 5.74) is 0.0805. The number of rotatable bonds is 3. The quantitative estimate of drug-likeness (QED) is 0.842. The summed E-state index contributed by atoms with van der Waals surface area (Å²) in [6, 6.07) is 1.49. The monoisotopic (exact) mass is 257 g/mol. The van der Waals surface area contributed by atoms with Gasteiger partial charge in [-0.2, -0.15) is 0 Å². The number of carbonyl (C=O) groups is 1. The number of hydrogen-bond acceptors (Lipinski definition) is 4. The maximum atomic E-state index is 13.5. The van der Waals surface area contributed by atoms with Gasteiger partial charge < -0.3 is 14.8 Å². The maximum absolute atomic E-state index is 13.5. The number of fused-ring (bicyclic) bond motifs is 1. The molecule has 1 aliphatic rings. The molecule has 98 valence electrons. The minimum absolute atomic E-state index is 0.0735. The third-order valence-corrected chi connectivity index (χ3v) is 2.53. The van der Waals surface area contributed by atoms with Crippen LogP contribution in [0.5, 0.6) is 5.75 Å². The molecule has 0 bridgehead atoms. The zero-order chi connectivity index (χ0) is 13.1. The highest BCUT2D eigenvalue weighted by atomic mass is 19.1. The molecule has 0 fully saturated rings. The van der Waals surface area contributed by atoms with E-state index in [1.807, 2.05) is 0 Å². The number of anilines is 1. The normalized spacial score (nSPS) is 17.4. The standard InChI is InChI=1S/C12H13F2NO3/c1-2-17-11(16)5-8-6-18-10-4-7(13)3-9(14)12(10)15-8/h3-4,8,15H,2,5-6H2,1H3. The van der Waals surface area contributed by atoms with E-state index in [9.17, 15) is 13.6 Å². The average Bonchev–Trinajstić information content (AvgIpc) is 2.30. The summed E-state index contributed by atoms with van der Waals surface area (Å²) in [4.78, 5) is 11.3. The van der Waals surface area contributed by atoms with Crippen molar-refractivity contribution in [2.24, 2.45) is 0 Å². The van der Waals surface area contributed by atoms with E-state index in [2.05, 4.69) is 5.32 Å². The van der Waals surface area contributed by atoms with Gasteiger partial charge in [0.25, 0.3) is 0 Å². The number of hydrogen-bond donors (Lipinski definition) is 1. The predicted molar refractivity (Wildman–Crippen MR) is 60.5 cm³/mol. The second kappa shape index (κ2) is 5.20. The van der Waals surface area contributed by atoms with E-state index < -0.39 is 11.6 Å². The van der Waals surface area contributed by atoms with Crippen LogP contribution < -0.4 is 10.1 Å². The lowest BCUT2D eigenvalue weighted by molar-refractivity contribution is -0.143. The number of halogens is 2. The molecule has 2 rings (SSSR count). The fourth-order valence-corrected chi connectivity index (χ4v) is 1.77. The zero-order valence-corrected chi connectivity index (χ0v) is 9.83. The van der Waals surface area contributed by atoms with Crippen molar-refractivity contribution in [2.75, 3.05) is 18.5 Å². The van der Waals surface area contributed by atoms with Crippen molar-refractivity contribution >= 4 is 11.7 Å². The van der Waals surface area contributed by atoms with E-state index in [0.717, 1.165) is 12.1 Å². The van der Waals surface area contributed by atoms with E-state index in [1.165, 1.54) is 0 Å². The number of carbonyl (C=O) groups excluding carboxylic acids is 1. The van der Waals surface area contributed by atoms with E-state index in [4.69, 9.17) is 9.47 Å². The topological polar surface area (TPSA) is 47.6 Å². The van der Waals surface area contributed by atoms with Gasteiger partial charge in [0.1, 0.15) is 23.9 Å². The van der Waals surface area contributed by atoms with Crippen LogP contribution in [0, 0.1) is 11.6 Å². The van der Waals surface area contributed by atoms with Crippen molar-refractivity contribution < 1.29 is 23.0 Å². The Hall–Kier alpha value is -1.85. The second-order valence-electron chi connectivity index (χ2n) is 3.92. The Morgan fingerprint density at radius 3 is 3.06 bits per heavy atom. The van der Waals surface area contributed by atoms with Gasteiger partial charge in [0.2, 0.25) is 0 Å². The Bertz CT molecular complexity index is 465. The Morgan fingerprint density at radius 1 is 1.56 bits per heavy atom. The fourth-order valence-electron chi connectivity index (χ4n) is 1.77. The van der Waals surface area contributed by atoms with Gasteiger partial charge >= 0.3 is 5.97 Å². The van der Waals surface area contributed by atoms with Crippen LogP contribution in [0.1, 0.15) is 13.3 Å². The van der Waals surface area contributed by atoms with E-state index in [-0.39, 0.29) is 36.5 Å². The molecule has 6 heteroatoms. The molecule has 0 radical (unpaired) electrons. The number of nitrogens with one attached hydrogen (secondary N) is 1. The van der Waals surface area contributed by atoms with Crippen LogP contribution in [0.4, 0.5) is 14.5 Å². The van der Waals surface area contributed by atoms with Gasteiger partial charge in [-0.25, -0.2) is 8.78 Å². The van der Waals surface area contributed by atoms with Crippen molar-refractivity contribution in [3.05, 3.63) is 23.8 Å². The van der Waals surface area contributed by atoms with Gasteiger partial charge in [-0.3, -0.25) is 4.79 Å². The first-order valence-corrected chi connectivity index (χ1v) is 5.64. The van der Waals surface area contributed by atoms with Crippen LogP contribution >= 0.6 is 0 Å². The van der Waals surface area contributed by atoms with Crippen LogP contribution in [-0.4, -0.2) is 25.2 Å². The van der Waals surface area contributed by atoms with Gasteiger partial charge in [0.05, 0.1) is 19.1 Å². The summed E-state index contributed by atoms with van der Waals surface area (Å²) in [7, 11) is 0. The van der Waals surface area contributed by atoms with Gasteiger partial charge in [0, 0.05) is 12.1 Å². The third kappa shape index (κ3) is 2.69. The summed E-state index contributed by atoms with van der Waals surface area (Å²) in [5.74, 6) is -1.70. The number of ether oxygens (including phenoxy) is 2. The lowest BCUT2D eigenvalue weighted by atomic mass is 10.1. The van der Waals surface area contributed by atoms with Crippen molar-refractivity contribution in [1.82, 2.24) is 0 Å². The van der Waals surface area contributed by atoms with Crippen molar-refractivity contribution in [2.45, 2.75) is 19.4 Å². The molecule has 0 saturated carbocycles. The molecule has 1 heterocycles. The molecule has 1 aromatic rings. The van der Waals surface area contributed by atoms with Crippen molar-refractivity contribution in [3.63, 3.8) is 0 Å². The molecule has 1 aromatic carbocycles. The summed E-state index contributed by atoms with van der Waals surface area (Å²) < 4.78 is 36.5. The number of benzene rings is 1. The van der Waals surface area contributed by atoms with Crippen molar-refractivity contribution in [1.29, 1.82) is 0 Å². The second-order valence-corrected chi connectivity index (χ2v) is 3.92. The molecule has 0 aliphatic carbocycles. The highest BCUT2D eigenvalue weighted by molar-refractivity contribution is 5.71. The Morgan fingerprint density at radius 2 is 2.33 bits per heavy atom. The molecule has 1 unspecified atom stereocenters. The first-order chi connectivity index (χ1) is 8.60. The van der Waals surface area contributed by atoms with Gasteiger partial charge in [0.15, 0.2) is 5.82 Å². The molecule has 1 aliphatic heterocycles. The Balaban J connectivity index is 2.08. The predicted octanol–water partition coefficient (Wildman–Crippen LogP) is 2.09. The van der Waals surface area contributed by atoms with Crippen LogP contribution in [0.2, 0.25) is 0 Å². The molecule has 0 aromatic heterocycles. The van der Waals surface area contributed by atoms with Gasteiger partial charge in [-0.15, -0.1) is 0 Å². The fraction of sp³-hybridized carbons (Fsp3) is 0.417. The first kappa shape index (κ1) is 12.6. The summed E-state index contributed by atoms with van der Waals surface area (Å²) in [6.07, 6.45) is 0.0735. The molecule has 0 spiro atoms. The largest absolute Gasteiger partial charge is 0.489 e. The van der Waals surface area contributed by atoms with Gasteiger partial charge in [-0.05, 0) is 6.92 Å². The first-order valence-electron chi connectivity index (χ1n) is 5.64. The highest BCUT2D eigenvalue weighted by Crippen LogP contribution is 2.33. The smallest absolute Gasteiger partial charge is 0.307 e. The van der Waals surface area contributed by atoms with Crippen LogP contribution in [-0.2, 0) is 9.53 Å².